The fraction of sp³-hybridized carbons (Fsp3) is 0.184. The maximum absolute atomic E-state index is 14.4. The average Bonchev–Trinajstić information content (AvgIpc) is 3.44. The van der Waals surface area contributed by atoms with E-state index in [1.165, 1.54) is 23.0 Å². The number of hydrogen-bond donors (Lipinski definition) is 0. The molecule has 0 bridgehead atoms. The molecule has 1 aliphatic rings. The summed E-state index contributed by atoms with van der Waals surface area (Å²) in [7, 11) is 4.63. The molecule has 1 atom stereocenters. The van der Waals surface area contributed by atoms with Crippen LogP contribution in [0, 0.1) is 0 Å². The van der Waals surface area contributed by atoms with Gasteiger partial charge >= 0.3 is 5.97 Å². The van der Waals surface area contributed by atoms with Crippen molar-refractivity contribution in [2.45, 2.75) is 19.6 Å². The van der Waals surface area contributed by atoms with Crippen LogP contribution in [0.1, 0.15) is 35.2 Å². The predicted molar refractivity (Wildman–Crippen MR) is 197 cm³/mol. The summed E-state index contributed by atoms with van der Waals surface area (Å²) in [5, 5.41) is 0.600. The lowest BCUT2D eigenvalue weighted by molar-refractivity contribution is -0.138. The first-order valence-electron chi connectivity index (χ1n) is 15.5. The van der Waals surface area contributed by atoms with Crippen molar-refractivity contribution < 1.29 is 28.5 Å². The van der Waals surface area contributed by atoms with Gasteiger partial charge in [0.2, 0.25) is 0 Å². The largest absolute Gasteiger partial charge is 0.493 e. The second-order valence-electron chi connectivity index (χ2n) is 11.0. The molecule has 0 radical (unpaired) electrons. The number of nitrogens with zero attached hydrogens (tertiary/aromatic N) is 2. The van der Waals surface area contributed by atoms with E-state index in [1.807, 2.05) is 54.6 Å². The molecule has 1 aliphatic heterocycles. The van der Waals surface area contributed by atoms with Gasteiger partial charge in [-0.1, -0.05) is 77.5 Å². The number of carbonyl (C=O) groups excluding carboxylic acids is 1. The number of benzene rings is 4. The van der Waals surface area contributed by atoms with Gasteiger partial charge in [0.15, 0.2) is 27.8 Å². The number of hydrogen-bond acceptors (Lipinski definition) is 9. The molecule has 256 valence electrons. The monoisotopic (exact) mass is 774 g/mol. The van der Waals surface area contributed by atoms with Gasteiger partial charge in [-0.2, -0.15) is 0 Å². The smallest absolute Gasteiger partial charge is 0.338 e. The summed E-state index contributed by atoms with van der Waals surface area (Å²) in [5.74, 6) is 1.33. The Hall–Kier alpha value is -4.84. The number of halogens is 2. The Labute approximate surface area is 305 Å². The molecule has 1 aromatic heterocycles. The summed E-state index contributed by atoms with van der Waals surface area (Å²) in [6.07, 6.45) is 1.76. The highest BCUT2D eigenvalue weighted by Crippen LogP contribution is 2.40. The molecule has 0 spiro atoms. The molecule has 4 aromatic carbocycles. The second kappa shape index (κ2) is 15.4. The Morgan fingerprint density at radius 1 is 0.940 bits per heavy atom. The van der Waals surface area contributed by atoms with Crippen LogP contribution in [0.15, 0.2) is 105 Å². The quantitative estimate of drug-likeness (QED) is 0.134. The second-order valence-corrected chi connectivity index (χ2v) is 13.2. The van der Waals surface area contributed by atoms with Crippen molar-refractivity contribution in [2.75, 3.05) is 27.9 Å². The topological polar surface area (TPSA) is 97.6 Å². The minimum absolute atomic E-state index is 0.141. The maximum atomic E-state index is 14.4. The summed E-state index contributed by atoms with van der Waals surface area (Å²) in [5.41, 5.74) is 3.14. The highest BCUT2D eigenvalue weighted by Gasteiger charge is 2.35. The molecule has 0 saturated carbocycles. The molecular formula is C38H32BrClN2O7S. The molecule has 0 saturated heterocycles. The van der Waals surface area contributed by atoms with Gasteiger partial charge < -0.3 is 23.7 Å². The molecular weight excluding hydrogens is 744 g/mol. The molecule has 5 aromatic rings. The van der Waals surface area contributed by atoms with Crippen LogP contribution < -0.4 is 33.8 Å². The first-order chi connectivity index (χ1) is 24.3. The van der Waals surface area contributed by atoms with Gasteiger partial charge in [-0.3, -0.25) is 9.36 Å². The standard InChI is InChI=1S/C38H32BrClN2O7S/c1-5-48-37(44)32-33(23-11-7-6-8-12-23)41-38-42(34(32)24-15-16-28(45-2)29(20-24)46-3)36(43)31(50-38)19-22-17-26(39)35(30(18-22)47-4)49-21-25-13-9-10-14-27(25)40/h6-20,34H,5,21H2,1-4H3/b31-19-/t34-/m0/s1. The highest BCUT2D eigenvalue weighted by atomic mass is 79.9. The summed E-state index contributed by atoms with van der Waals surface area (Å²) in [6, 6.07) is 24.9. The number of methoxy groups -OCH3 is 3. The van der Waals surface area contributed by atoms with Crippen LogP contribution in [0.2, 0.25) is 5.02 Å². The lowest BCUT2D eigenvalue weighted by Gasteiger charge is -2.26. The number of thiazole rings is 1. The van der Waals surface area contributed by atoms with E-state index in [0.29, 0.717) is 64.2 Å². The van der Waals surface area contributed by atoms with E-state index in [1.54, 1.807) is 57.6 Å². The van der Waals surface area contributed by atoms with Gasteiger partial charge in [-0.05, 0) is 70.4 Å². The molecule has 2 heterocycles. The molecule has 50 heavy (non-hydrogen) atoms. The lowest BCUT2D eigenvalue weighted by Crippen LogP contribution is -2.40. The van der Waals surface area contributed by atoms with Crippen molar-refractivity contribution in [3.63, 3.8) is 0 Å². The zero-order valence-corrected chi connectivity index (χ0v) is 30.7. The number of ether oxygens (including phenoxy) is 5. The molecule has 0 aliphatic carbocycles. The third-order valence-electron chi connectivity index (χ3n) is 7.98. The van der Waals surface area contributed by atoms with Crippen molar-refractivity contribution in [1.29, 1.82) is 0 Å². The lowest BCUT2D eigenvalue weighted by atomic mass is 9.93. The van der Waals surface area contributed by atoms with E-state index in [-0.39, 0.29) is 24.3 Å². The van der Waals surface area contributed by atoms with Crippen LogP contribution in [-0.4, -0.2) is 38.5 Å². The maximum Gasteiger partial charge on any atom is 0.338 e. The van der Waals surface area contributed by atoms with E-state index in [2.05, 4.69) is 15.9 Å². The van der Waals surface area contributed by atoms with Gasteiger partial charge in [0, 0.05) is 16.1 Å². The first kappa shape index (κ1) is 35.0. The van der Waals surface area contributed by atoms with Crippen LogP contribution in [0.25, 0.3) is 11.8 Å². The SMILES string of the molecule is CCOC(=O)C1=C(c2ccccc2)N=c2s/c(=C\c3cc(Br)c(OCc4ccccc4Cl)c(OC)c3)c(=O)n2[C@H]1c1ccc(OC)c(OC)c1. The van der Waals surface area contributed by atoms with Crippen molar-refractivity contribution in [3.05, 3.63) is 142 Å². The van der Waals surface area contributed by atoms with Gasteiger partial charge in [0.25, 0.3) is 5.56 Å². The Morgan fingerprint density at radius 2 is 1.66 bits per heavy atom. The fourth-order valence-corrected chi connectivity index (χ4v) is 7.42. The molecule has 0 fully saturated rings. The van der Waals surface area contributed by atoms with Crippen LogP contribution in [0.5, 0.6) is 23.0 Å². The number of carbonyl (C=O) groups is 1. The predicted octanol–water partition coefficient (Wildman–Crippen LogP) is 6.96. The summed E-state index contributed by atoms with van der Waals surface area (Å²) in [6.45, 7) is 2.11. The van der Waals surface area contributed by atoms with Crippen LogP contribution >= 0.6 is 38.9 Å². The van der Waals surface area contributed by atoms with E-state index >= 15 is 0 Å². The van der Waals surface area contributed by atoms with Crippen LogP contribution in [-0.2, 0) is 16.1 Å². The van der Waals surface area contributed by atoms with Crippen LogP contribution in [0.4, 0.5) is 0 Å². The van der Waals surface area contributed by atoms with Gasteiger partial charge in [0.05, 0.1) is 54.3 Å². The highest BCUT2D eigenvalue weighted by molar-refractivity contribution is 9.10. The molecule has 12 heteroatoms. The Bertz CT molecular complexity index is 2280. The summed E-state index contributed by atoms with van der Waals surface area (Å²) < 4.78 is 31.0. The summed E-state index contributed by atoms with van der Waals surface area (Å²) in [4.78, 5) is 33.6. The Morgan fingerprint density at radius 3 is 2.36 bits per heavy atom. The average molecular weight is 776 g/mol. The number of esters is 1. The molecule has 9 nitrogen and oxygen atoms in total. The number of rotatable bonds is 11. The van der Waals surface area contributed by atoms with E-state index in [4.69, 9.17) is 40.3 Å². The van der Waals surface area contributed by atoms with E-state index in [9.17, 15) is 9.59 Å². The molecule has 0 N–H and O–H groups in total. The third-order valence-corrected chi connectivity index (χ3v) is 9.92. The van der Waals surface area contributed by atoms with E-state index < -0.39 is 12.0 Å². The summed E-state index contributed by atoms with van der Waals surface area (Å²) >= 11 is 11.2. The Balaban J connectivity index is 1.52. The van der Waals surface area contributed by atoms with Crippen molar-refractivity contribution in [3.8, 4) is 23.0 Å². The Kier molecular flexibility index (Phi) is 10.8. The van der Waals surface area contributed by atoms with Crippen LogP contribution in [0.3, 0.4) is 0 Å². The van der Waals surface area contributed by atoms with Gasteiger partial charge in [0.1, 0.15) is 6.61 Å². The molecule has 6 rings (SSSR count). The van der Waals surface area contributed by atoms with Crippen molar-refractivity contribution >= 4 is 56.6 Å². The zero-order valence-electron chi connectivity index (χ0n) is 27.6. The number of aromatic nitrogens is 1. The molecule has 0 amide bonds. The van der Waals surface area contributed by atoms with Crippen molar-refractivity contribution in [1.82, 2.24) is 4.57 Å². The zero-order chi connectivity index (χ0) is 35.4. The van der Waals surface area contributed by atoms with Gasteiger partial charge in [-0.25, -0.2) is 9.79 Å². The minimum Gasteiger partial charge on any atom is -0.493 e. The minimum atomic E-state index is -0.885. The number of fused-ring (bicyclic) bond motifs is 1. The third kappa shape index (κ3) is 6.94. The normalized spacial score (nSPS) is 14.1. The van der Waals surface area contributed by atoms with Crippen molar-refractivity contribution in [2.24, 2.45) is 4.99 Å². The van der Waals surface area contributed by atoms with Gasteiger partial charge in [-0.15, -0.1) is 0 Å². The molecule has 0 unspecified atom stereocenters. The van der Waals surface area contributed by atoms with E-state index in [0.717, 1.165) is 5.56 Å². The first-order valence-corrected chi connectivity index (χ1v) is 17.5. The fourth-order valence-electron chi connectivity index (χ4n) is 5.66.